The number of aryl methyl sites for hydroxylation is 2. The highest BCUT2D eigenvalue weighted by Gasteiger charge is 2.51. The summed E-state index contributed by atoms with van der Waals surface area (Å²) in [5.41, 5.74) is 19.3. The number of rotatable bonds is 12. The number of nitrogens with zero attached hydrogens (tertiary/aromatic N) is 1. The second kappa shape index (κ2) is 14.3. The van der Waals surface area contributed by atoms with Crippen LogP contribution >= 0.6 is 0 Å². The Morgan fingerprint density at radius 2 is 0.962 bits per heavy atom. The number of benzene rings is 6. The summed E-state index contributed by atoms with van der Waals surface area (Å²) in [6.07, 6.45) is 12.7. The predicted octanol–water partition coefficient (Wildman–Crippen LogP) is 14.2. The van der Waals surface area contributed by atoms with Crippen LogP contribution in [0.2, 0.25) is 0 Å². The van der Waals surface area contributed by atoms with Gasteiger partial charge < -0.3 is 0 Å². The van der Waals surface area contributed by atoms with Crippen molar-refractivity contribution < 1.29 is 0 Å². The van der Waals surface area contributed by atoms with Gasteiger partial charge in [-0.25, -0.2) is 4.98 Å². The van der Waals surface area contributed by atoms with Crippen molar-refractivity contribution in [2.75, 3.05) is 0 Å². The van der Waals surface area contributed by atoms with Crippen LogP contribution in [0.15, 0.2) is 140 Å². The molecule has 9 rings (SSSR count). The number of hydrogen-bond acceptors (Lipinski definition) is 1. The van der Waals surface area contributed by atoms with Crippen molar-refractivity contribution in [1.29, 1.82) is 0 Å². The van der Waals surface area contributed by atoms with Gasteiger partial charge in [-0.05, 0) is 117 Å². The van der Waals surface area contributed by atoms with Crippen LogP contribution in [0, 0.1) is 0 Å². The molecule has 53 heavy (non-hydrogen) atoms. The van der Waals surface area contributed by atoms with Gasteiger partial charge in [-0.2, -0.15) is 0 Å². The zero-order chi connectivity index (χ0) is 35.8. The van der Waals surface area contributed by atoms with E-state index in [1.54, 1.807) is 0 Å². The lowest BCUT2D eigenvalue weighted by Crippen LogP contribution is -2.25. The fourth-order valence-corrected chi connectivity index (χ4v) is 9.45. The quantitative estimate of drug-likeness (QED) is 0.117. The number of fused-ring (bicyclic) bond motifs is 11. The van der Waals surface area contributed by atoms with Gasteiger partial charge in [0.25, 0.3) is 0 Å². The van der Waals surface area contributed by atoms with E-state index in [2.05, 4.69) is 153 Å². The van der Waals surface area contributed by atoms with Crippen molar-refractivity contribution >= 4 is 10.9 Å². The van der Waals surface area contributed by atoms with Crippen LogP contribution < -0.4 is 0 Å². The Morgan fingerprint density at radius 3 is 1.55 bits per heavy atom. The SMILES string of the molecule is CCCCCCc1cc(CCCCCC)cc(-c2ccc3nc(-c4ccc5c(c4)C4(c6ccccc6-c6ccccc64)c4ccccc4-5)ccc3c2)c1. The van der Waals surface area contributed by atoms with Crippen LogP contribution in [-0.4, -0.2) is 4.98 Å². The van der Waals surface area contributed by atoms with Gasteiger partial charge >= 0.3 is 0 Å². The Morgan fingerprint density at radius 1 is 0.415 bits per heavy atom. The Labute approximate surface area is 315 Å². The lowest BCUT2D eigenvalue weighted by atomic mass is 9.70. The van der Waals surface area contributed by atoms with E-state index in [4.69, 9.17) is 4.98 Å². The van der Waals surface area contributed by atoms with Crippen molar-refractivity contribution in [3.63, 3.8) is 0 Å². The van der Waals surface area contributed by atoms with E-state index in [0.717, 1.165) is 16.8 Å². The van der Waals surface area contributed by atoms with E-state index in [1.807, 2.05) is 0 Å². The number of aromatic nitrogens is 1. The summed E-state index contributed by atoms with van der Waals surface area (Å²) in [6.45, 7) is 4.59. The molecule has 2 aliphatic carbocycles. The topological polar surface area (TPSA) is 12.9 Å². The van der Waals surface area contributed by atoms with Crippen LogP contribution in [-0.2, 0) is 18.3 Å². The highest BCUT2D eigenvalue weighted by Crippen LogP contribution is 2.63. The van der Waals surface area contributed by atoms with Crippen molar-refractivity contribution in [3.05, 3.63) is 173 Å². The average Bonchev–Trinajstić information content (AvgIpc) is 3.68. The number of hydrogen-bond donors (Lipinski definition) is 0. The van der Waals surface area contributed by atoms with Gasteiger partial charge in [0.2, 0.25) is 0 Å². The van der Waals surface area contributed by atoms with Gasteiger partial charge in [-0.3, -0.25) is 0 Å². The molecule has 1 spiro atoms. The van der Waals surface area contributed by atoms with Gasteiger partial charge in [-0.15, -0.1) is 0 Å². The summed E-state index contributed by atoms with van der Waals surface area (Å²) in [5.74, 6) is 0. The lowest BCUT2D eigenvalue weighted by Gasteiger charge is -2.30. The molecule has 0 amide bonds. The molecule has 0 bridgehead atoms. The average molecular weight is 688 g/mol. The highest BCUT2D eigenvalue weighted by atomic mass is 14.7. The van der Waals surface area contributed by atoms with E-state index in [0.29, 0.717) is 0 Å². The second-order valence-electron chi connectivity index (χ2n) is 15.4. The lowest BCUT2D eigenvalue weighted by molar-refractivity contribution is 0.661. The van der Waals surface area contributed by atoms with E-state index in [-0.39, 0.29) is 5.41 Å². The first-order valence-electron chi connectivity index (χ1n) is 20.2. The maximum atomic E-state index is 5.31. The van der Waals surface area contributed by atoms with Gasteiger partial charge in [0.05, 0.1) is 16.6 Å². The first kappa shape index (κ1) is 33.6. The van der Waals surface area contributed by atoms with Gasteiger partial charge in [0, 0.05) is 10.9 Å². The standard InChI is InChI=1S/C52H49N/c1-3-5-7-9-17-36-31-37(18-10-8-6-4-2)33-41(32-36)38-26-29-50-39(34-38)27-30-51(53-50)40-25-28-45-44-21-13-16-24-48(44)52(49(45)35-40)46-22-14-11-19-42(46)43-20-12-15-23-47(43)52/h11-16,19-35H,3-10,17-18H2,1-2H3. The van der Waals surface area contributed by atoms with Crippen LogP contribution in [0.5, 0.6) is 0 Å². The molecule has 0 N–H and O–H groups in total. The Bertz CT molecular complexity index is 2350. The molecular weight excluding hydrogens is 639 g/mol. The Balaban J connectivity index is 1.09. The monoisotopic (exact) mass is 687 g/mol. The van der Waals surface area contributed by atoms with Crippen molar-refractivity contribution in [1.82, 2.24) is 4.98 Å². The first-order chi connectivity index (χ1) is 26.2. The zero-order valence-corrected chi connectivity index (χ0v) is 31.3. The third-order valence-corrected chi connectivity index (χ3v) is 12.0. The largest absolute Gasteiger partial charge is 0.248 e. The number of pyridine rings is 1. The van der Waals surface area contributed by atoms with E-state index in [9.17, 15) is 0 Å². The minimum atomic E-state index is -0.347. The first-order valence-corrected chi connectivity index (χ1v) is 20.2. The molecule has 6 aromatic carbocycles. The molecular formula is C52H49N. The van der Waals surface area contributed by atoms with Gasteiger partial charge in [0.1, 0.15) is 0 Å². The molecule has 1 heterocycles. The van der Waals surface area contributed by atoms with Crippen LogP contribution in [0.4, 0.5) is 0 Å². The summed E-state index contributed by atoms with van der Waals surface area (Å²) >= 11 is 0. The minimum absolute atomic E-state index is 0.347. The number of unbranched alkanes of at least 4 members (excludes halogenated alkanes) is 6. The molecule has 7 aromatic rings. The summed E-state index contributed by atoms with van der Waals surface area (Å²) in [7, 11) is 0. The van der Waals surface area contributed by atoms with E-state index in [1.165, 1.54) is 136 Å². The molecule has 0 atom stereocenters. The molecule has 1 aromatic heterocycles. The van der Waals surface area contributed by atoms with Gasteiger partial charge in [0.15, 0.2) is 0 Å². The van der Waals surface area contributed by atoms with Crippen molar-refractivity contribution in [2.45, 2.75) is 83.5 Å². The molecule has 0 fully saturated rings. The van der Waals surface area contributed by atoms with Gasteiger partial charge in [-0.1, -0.05) is 168 Å². The summed E-state index contributed by atoms with van der Waals surface area (Å²) in [4.78, 5) is 5.31. The maximum absolute atomic E-state index is 5.31. The van der Waals surface area contributed by atoms with E-state index < -0.39 is 0 Å². The molecule has 0 aliphatic heterocycles. The molecule has 1 nitrogen and oxygen atoms in total. The van der Waals surface area contributed by atoms with Crippen molar-refractivity contribution in [2.24, 2.45) is 0 Å². The van der Waals surface area contributed by atoms with Crippen LogP contribution in [0.3, 0.4) is 0 Å². The molecule has 262 valence electrons. The summed E-state index contributed by atoms with van der Waals surface area (Å²) < 4.78 is 0. The van der Waals surface area contributed by atoms with Crippen LogP contribution in [0.25, 0.3) is 55.5 Å². The molecule has 1 heteroatoms. The summed E-state index contributed by atoms with van der Waals surface area (Å²) in [5, 5.41) is 1.19. The molecule has 0 saturated carbocycles. The molecule has 0 saturated heterocycles. The normalized spacial score (nSPS) is 13.2. The third kappa shape index (κ3) is 5.82. The van der Waals surface area contributed by atoms with Crippen molar-refractivity contribution in [3.8, 4) is 44.6 Å². The Hall–Kier alpha value is -5.27. The molecule has 2 aliphatic rings. The maximum Gasteiger partial charge on any atom is 0.0725 e. The molecule has 0 radical (unpaired) electrons. The molecule has 0 unspecified atom stereocenters. The predicted molar refractivity (Wildman–Crippen MR) is 225 cm³/mol. The smallest absolute Gasteiger partial charge is 0.0725 e. The van der Waals surface area contributed by atoms with E-state index >= 15 is 0 Å². The zero-order valence-electron chi connectivity index (χ0n) is 31.3. The fourth-order valence-electron chi connectivity index (χ4n) is 9.45. The Kier molecular flexibility index (Phi) is 9.04. The third-order valence-electron chi connectivity index (χ3n) is 12.0. The highest BCUT2D eigenvalue weighted by molar-refractivity contribution is 5.96. The van der Waals surface area contributed by atoms with Crippen LogP contribution in [0.1, 0.15) is 98.6 Å². The minimum Gasteiger partial charge on any atom is -0.248 e. The fraction of sp³-hybridized carbons (Fsp3) is 0.250. The second-order valence-corrected chi connectivity index (χ2v) is 15.4. The summed E-state index contributed by atoms with van der Waals surface area (Å²) in [6, 6.07) is 52.9.